The second-order valence-corrected chi connectivity index (χ2v) is 6.21. The molecule has 5 heteroatoms. The molecule has 2 aromatic rings. The van der Waals surface area contributed by atoms with E-state index in [9.17, 15) is 14.7 Å². The molecule has 0 spiro atoms. The molecule has 5 nitrogen and oxygen atoms in total. The highest BCUT2D eigenvalue weighted by atomic mass is 16.4. The Labute approximate surface area is 133 Å². The monoisotopic (exact) mass is 308 g/mol. The number of hydrogen-bond acceptors (Lipinski definition) is 3. The molecule has 0 radical (unpaired) electrons. The lowest BCUT2D eigenvalue weighted by Gasteiger charge is -2.24. The topological polar surface area (TPSA) is 79.3 Å². The third kappa shape index (κ3) is 2.20. The molecule has 23 heavy (non-hydrogen) atoms. The van der Waals surface area contributed by atoms with E-state index in [1.54, 1.807) is 12.3 Å². The van der Waals surface area contributed by atoms with Crippen LogP contribution < -0.4 is 5.32 Å². The Kier molecular flexibility index (Phi) is 3.15. The average molecular weight is 308 g/mol. The van der Waals surface area contributed by atoms with Crippen molar-refractivity contribution in [3.63, 3.8) is 0 Å². The number of benzene rings is 1. The van der Waals surface area contributed by atoms with Crippen LogP contribution in [0.15, 0.2) is 48.7 Å². The maximum absolute atomic E-state index is 12.7. The minimum atomic E-state index is -0.891. The fourth-order valence-electron chi connectivity index (χ4n) is 3.94. The van der Waals surface area contributed by atoms with Gasteiger partial charge in [-0.15, -0.1) is 0 Å². The van der Waals surface area contributed by atoms with Gasteiger partial charge in [0.05, 0.1) is 23.0 Å². The predicted molar refractivity (Wildman–Crippen MR) is 85.7 cm³/mol. The van der Waals surface area contributed by atoms with Gasteiger partial charge in [-0.05, 0) is 30.4 Å². The highest BCUT2D eigenvalue weighted by molar-refractivity contribution is 6.02. The smallest absolute Gasteiger partial charge is 0.307 e. The molecule has 0 saturated heterocycles. The summed E-state index contributed by atoms with van der Waals surface area (Å²) in [4.78, 5) is 28.6. The Morgan fingerprint density at radius 2 is 1.83 bits per heavy atom. The third-order valence-corrected chi connectivity index (χ3v) is 4.94. The number of anilines is 1. The van der Waals surface area contributed by atoms with Crippen LogP contribution in [0.2, 0.25) is 0 Å². The van der Waals surface area contributed by atoms with Crippen LogP contribution in [0.5, 0.6) is 0 Å². The van der Waals surface area contributed by atoms with Gasteiger partial charge in [0.1, 0.15) is 0 Å². The average Bonchev–Trinajstić information content (AvgIpc) is 3.16. The van der Waals surface area contributed by atoms with Crippen molar-refractivity contribution in [1.82, 2.24) is 4.98 Å². The van der Waals surface area contributed by atoms with E-state index in [4.69, 9.17) is 0 Å². The van der Waals surface area contributed by atoms with Crippen molar-refractivity contribution in [1.29, 1.82) is 0 Å². The Bertz CT molecular complexity index is 825. The molecular weight excluding hydrogens is 292 g/mol. The van der Waals surface area contributed by atoms with Crippen LogP contribution in [0.4, 0.5) is 5.69 Å². The number of amides is 1. The number of aliphatic carboxylic acids is 1. The van der Waals surface area contributed by atoms with Gasteiger partial charge >= 0.3 is 5.97 Å². The lowest BCUT2D eigenvalue weighted by Crippen LogP contribution is -2.36. The molecule has 116 valence electrons. The summed E-state index contributed by atoms with van der Waals surface area (Å²) >= 11 is 0. The largest absolute Gasteiger partial charge is 0.481 e. The van der Waals surface area contributed by atoms with Gasteiger partial charge in [0, 0.05) is 11.6 Å². The van der Waals surface area contributed by atoms with Crippen molar-refractivity contribution < 1.29 is 14.7 Å². The number of carbonyl (C=O) groups is 2. The van der Waals surface area contributed by atoms with Crippen LogP contribution >= 0.6 is 0 Å². The summed E-state index contributed by atoms with van der Waals surface area (Å²) in [6, 6.07) is 9.35. The summed E-state index contributed by atoms with van der Waals surface area (Å²) in [5, 5.41) is 13.3. The number of carbonyl (C=O) groups excluding carboxylic acids is 1. The lowest BCUT2D eigenvalue weighted by atomic mass is 9.82. The molecule has 1 saturated carbocycles. The lowest BCUT2D eigenvalue weighted by molar-refractivity contribution is -0.146. The van der Waals surface area contributed by atoms with E-state index < -0.39 is 17.8 Å². The van der Waals surface area contributed by atoms with Gasteiger partial charge < -0.3 is 10.4 Å². The van der Waals surface area contributed by atoms with Gasteiger partial charge in [-0.3, -0.25) is 14.6 Å². The highest BCUT2D eigenvalue weighted by Gasteiger charge is 2.51. The normalized spacial score (nSPS) is 28.2. The third-order valence-electron chi connectivity index (χ3n) is 4.94. The minimum absolute atomic E-state index is 0.0176. The molecule has 1 heterocycles. The van der Waals surface area contributed by atoms with Crippen molar-refractivity contribution >= 4 is 28.5 Å². The van der Waals surface area contributed by atoms with Crippen molar-refractivity contribution in [3.8, 4) is 0 Å². The van der Waals surface area contributed by atoms with Gasteiger partial charge in [0.25, 0.3) is 0 Å². The maximum Gasteiger partial charge on any atom is 0.307 e. The summed E-state index contributed by atoms with van der Waals surface area (Å²) in [6.07, 6.45) is 6.35. The Morgan fingerprint density at radius 3 is 2.61 bits per heavy atom. The maximum atomic E-state index is 12.7. The molecule has 4 atom stereocenters. The fourth-order valence-corrected chi connectivity index (χ4v) is 3.94. The SMILES string of the molecule is O=C(O)[C@@H]1C2C=CC(C2)[C@@H]1C(=O)Nc1cccc2cccnc12. The zero-order valence-corrected chi connectivity index (χ0v) is 12.3. The van der Waals surface area contributed by atoms with Crippen LogP contribution in [-0.2, 0) is 9.59 Å². The number of hydrogen-bond donors (Lipinski definition) is 2. The van der Waals surface area contributed by atoms with E-state index in [-0.39, 0.29) is 17.7 Å². The number of carboxylic acid groups (broad SMARTS) is 1. The zero-order chi connectivity index (χ0) is 16.0. The van der Waals surface area contributed by atoms with Crippen LogP contribution in [-0.4, -0.2) is 22.0 Å². The second-order valence-electron chi connectivity index (χ2n) is 6.21. The van der Waals surface area contributed by atoms with Gasteiger partial charge in [-0.2, -0.15) is 0 Å². The summed E-state index contributed by atoms with van der Waals surface area (Å²) < 4.78 is 0. The number of para-hydroxylation sites is 1. The van der Waals surface area contributed by atoms with Crippen LogP contribution in [0, 0.1) is 23.7 Å². The first-order valence-electron chi connectivity index (χ1n) is 7.71. The molecule has 1 fully saturated rings. The Morgan fingerprint density at radius 1 is 1.09 bits per heavy atom. The molecule has 2 aliphatic rings. The van der Waals surface area contributed by atoms with Crippen LogP contribution in [0.3, 0.4) is 0 Å². The quantitative estimate of drug-likeness (QED) is 0.854. The van der Waals surface area contributed by atoms with Crippen molar-refractivity contribution in [2.24, 2.45) is 23.7 Å². The van der Waals surface area contributed by atoms with Crippen molar-refractivity contribution in [3.05, 3.63) is 48.7 Å². The Hall–Kier alpha value is -2.69. The first-order chi connectivity index (χ1) is 11.1. The zero-order valence-electron chi connectivity index (χ0n) is 12.3. The van der Waals surface area contributed by atoms with E-state index in [1.165, 1.54) is 0 Å². The minimum Gasteiger partial charge on any atom is -0.481 e. The van der Waals surface area contributed by atoms with Crippen molar-refractivity contribution in [2.45, 2.75) is 6.42 Å². The molecule has 2 aliphatic carbocycles. The number of rotatable bonds is 3. The number of carboxylic acids is 1. The summed E-state index contributed by atoms with van der Waals surface area (Å²) in [5.41, 5.74) is 1.35. The molecule has 1 aromatic heterocycles. The van der Waals surface area contributed by atoms with Gasteiger partial charge in [-0.25, -0.2) is 0 Å². The van der Waals surface area contributed by atoms with Crippen LogP contribution in [0.25, 0.3) is 10.9 Å². The van der Waals surface area contributed by atoms with E-state index in [2.05, 4.69) is 10.3 Å². The standard InChI is InChI=1S/C18H16N2O3/c21-17(14-11-6-7-12(9-11)15(14)18(22)23)20-13-5-1-3-10-4-2-8-19-16(10)13/h1-8,11-12,14-15H,9H2,(H,20,21)(H,22,23)/t11?,12?,14-,15+/m0/s1. The number of allylic oxidation sites excluding steroid dienone is 2. The molecule has 2 bridgehead atoms. The number of fused-ring (bicyclic) bond motifs is 3. The molecule has 0 aliphatic heterocycles. The number of nitrogens with zero attached hydrogens (tertiary/aromatic N) is 1. The van der Waals surface area contributed by atoms with Crippen molar-refractivity contribution in [2.75, 3.05) is 5.32 Å². The fraction of sp³-hybridized carbons (Fsp3) is 0.278. The second kappa shape index (κ2) is 5.19. The molecule has 1 amide bonds. The van der Waals surface area contributed by atoms with E-state index in [0.717, 1.165) is 11.8 Å². The summed E-state index contributed by atoms with van der Waals surface area (Å²) in [6.45, 7) is 0. The molecule has 2 N–H and O–H groups in total. The van der Waals surface area contributed by atoms with Gasteiger partial charge in [-0.1, -0.05) is 30.4 Å². The first-order valence-corrected chi connectivity index (χ1v) is 7.71. The van der Waals surface area contributed by atoms with Gasteiger partial charge in [0.2, 0.25) is 5.91 Å². The molecule has 2 unspecified atom stereocenters. The van der Waals surface area contributed by atoms with E-state index in [1.807, 2.05) is 36.4 Å². The summed E-state index contributed by atoms with van der Waals surface area (Å²) in [5.74, 6) is -2.28. The molecule has 1 aromatic carbocycles. The van der Waals surface area contributed by atoms with E-state index in [0.29, 0.717) is 11.2 Å². The molecule has 4 rings (SSSR count). The Balaban J connectivity index is 1.65. The predicted octanol–water partition coefficient (Wildman–Crippen LogP) is 2.70. The number of aromatic nitrogens is 1. The van der Waals surface area contributed by atoms with Crippen LogP contribution in [0.1, 0.15) is 6.42 Å². The molecular formula is C18H16N2O3. The highest BCUT2D eigenvalue weighted by Crippen LogP contribution is 2.48. The summed E-state index contributed by atoms with van der Waals surface area (Å²) in [7, 11) is 0. The number of nitrogens with one attached hydrogen (secondary N) is 1. The van der Waals surface area contributed by atoms with Gasteiger partial charge in [0.15, 0.2) is 0 Å². The van der Waals surface area contributed by atoms with E-state index >= 15 is 0 Å². The first kappa shape index (κ1) is 13.9. The number of pyridine rings is 1.